The summed E-state index contributed by atoms with van der Waals surface area (Å²) in [5, 5.41) is 6.76. The molecule has 0 aliphatic heterocycles. The third-order valence-corrected chi connectivity index (χ3v) is 3.96. The Bertz CT molecular complexity index is 1060. The highest BCUT2D eigenvalue weighted by Gasteiger charge is 2.15. The molecular weight excluding hydrogens is 330 g/mol. The van der Waals surface area contributed by atoms with Gasteiger partial charge in [0.2, 0.25) is 5.76 Å². The van der Waals surface area contributed by atoms with Gasteiger partial charge < -0.3 is 14.3 Å². The van der Waals surface area contributed by atoms with E-state index in [0.29, 0.717) is 28.4 Å². The molecule has 0 unspecified atom stereocenters. The fourth-order valence-electron chi connectivity index (χ4n) is 2.59. The first-order chi connectivity index (χ1) is 12.6. The molecule has 26 heavy (non-hydrogen) atoms. The summed E-state index contributed by atoms with van der Waals surface area (Å²) in [5.74, 6) is 0.649. The molecule has 1 N–H and O–H groups in total. The number of aromatic nitrogens is 2. The molecule has 6 heteroatoms. The van der Waals surface area contributed by atoms with Crippen LogP contribution in [0.15, 0.2) is 63.5 Å². The van der Waals surface area contributed by atoms with E-state index >= 15 is 0 Å². The largest absolute Gasteiger partial charge is 0.440 e. The van der Waals surface area contributed by atoms with Crippen molar-refractivity contribution in [2.45, 2.75) is 19.8 Å². The van der Waals surface area contributed by atoms with Gasteiger partial charge in [-0.2, -0.15) is 0 Å². The molecule has 4 aromatic rings. The van der Waals surface area contributed by atoms with Crippen LogP contribution in [-0.4, -0.2) is 16.0 Å². The summed E-state index contributed by atoms with van der Waals surface area (Å²) >= 11 is 0. The first kappa shape index (κ1) is 16.1. The minimum absolute atomic E-state index is 0.145. The highest BCUT2D eigenvalue weighted by molar-refractivity contribution is 6.03. The SMILES string of the molecule is CC(C)c1nc2cc(NC(=O)c3cc(-c4ccccc4)no3)ccc2o1. The Balaban J connectivity index is 1.54. The van der Waals surface area contributed by atoms with Gasteiger partial charge >= 0.3 is 0 Å². The first-order valence-electron chi connectivity index (χ1n) is 8.34. The van der Waals surface area contributed by atoms with Crippen molar-refractivity contribution in [1.29, 1.82) is 0 Å². The molecule has 0 atom stereocenters. The molecule has 0 aliphatic carbocycles. The standard InChI is InChI=1S/C20H17N3O3/c1-12(2)20-22-16-10-14(8-9-17(16)25-20)21-19(24)18-11-15(23-26-18)13-6-4-3-5-7-13/h3-12H,1-2H3,(H,21,24). The molecule has 0 radical (unpaired) electrons. The fraction of sp³-hybridized carbons (Fsp3) is 0.150. The van der Waals surface area contributed by atoms with Crippen molar-refractivity contribution in [2.24, 2.45) is 0 Å². The van der Waals surface area contributed by atoms with Crippen molar-refractivity contribution in [3.63, 3.8) is 0 Å². The lowest BCUT2D eigenvalue weighted by Gasteiger charge is -2.01. The maximum atomic E-state index is 12.4. The van der Waals surface area contributed by atoms with Gasteiger partial charge in [-0.1, -0.05) is 49.3 Å². The topological polar surface area (TPSA) is 81.2 Å². The summed E-state index contributed by atoms with van der Waals surface area (Å²) < 4.78 is 10.9. The average Bonchev–Trinajstić information content (AvgIpc) is 3.29. The second-order valence-corrected chi connectivity index (χ2v) is 6.29. The molecule has 0 saturated heterocycles. The van der Waals surface area contributed by atoms with E-state index in [1.54, 1.807) is 24.3 Å². The molecule has 0 bridgehead atoms. The highest BCUT2D eigenvalue weighted by atomic mass is 16.5. The molecule has 2 aromatic heterocycles. The monoisotopic (exact) mass is 347 g/mol. The third-order valence-electron chi connectivity index (χ3n) is 3.96. The van der Waals surface area contributed by atoms with E-state index in [2.05, 4.69) is 15.5 Å². The predicted molar refractivity (Wildman–Crippen MR) is 98.0 cm³/mol. The number of carbonyl (C=O) groups excluding carboxylic acids is 1. The van der Waals surface area contributed by atoms with E-state index in [1.807, 2.05) is 44.2 Å². The van der Waals surface area contributed by atoms with E-state index in [0.717, 1.165) is 5.56 Å². The first-order valence-corrected chi connectivity index (χ1v) is 8.34. The molecule has 2 aromatic carbocycles. The Kier molecular flexibility index (Phi) is 4.01. The molecule has 130 valence electrons. The van der Waals surface area contributed by atoms with Gasteiger partial charge in [0.05, 0.1) is 0 Å². The molecule has 4 rings (SSSR count). The molecule has 2 heterocycles. The summed E-state index contributed by atoms with van der Waals surface area (Å²) in [6, 6.07) is 16.5. The van der Waals surface area contributed by atoms with Gasteiger partial charge in [0.1, 0.15) is 11.2 Å². The Morgan fingerprint density at radius 1 is 1.08 bits per heavy atom. The Morgan fingerprint density at radius 3 is 2.65 bits per heavy atom. The number of benzene rings is 2. The Morgan fingerprint density at radius 2 is 1.88 bits per heavy atom. The number of fused-ring (bicyclic) bond motifs is 1. The lowest BCUT2D eigenvalue weighted by molar-refractivity contribution is 0.0988. The molecule has 0 fully saturated rings. The van der Waals surface area contributed by atoms with Gasteiger partial charge in [0, 0.05) is 23.2 Å². The van der Waals surface area contributed by atoms with Gasteiger partial charge in [-0.25, -0.2) is 4.98 Å². The summed E-state index contributed by atoms with van der Waals surface area (Å²) in [6.07, 6.45) is 0. The zero-order valence-corrected chi connectivity index (χ0v) is 14.4. The van der Waals surface area contributed by atoms with E-state index in [-0.39, 0.29) is 17.6 Å². The van der Waals surface area contributed by atoms with Crippen molar-refractivity contribution in [3.8, 4) is 11.3 Å². The molecular formula is C20H17N3O3. The molecule has 0 spiro atoms. The van der Waals surface area contributed by atoms with Crippen molar-refractivity contribution < 1.29 is 13.7 Å². The zero-order chi connectivity index (χ0) is 18.1. The van der Waals surface area contributed by atoms with Crippen LogP contribution in [0.4, 0.5) is 5.69 Å². The number of hydrogen-bond donors (Lipinski definition) is 1. The third kappa shape index (κ3) is 3.09. The number of carbonyl (C=O) groups is 1. The minimum atomic E-state index is -0.369. The number of hydrogen-bond acceptors (Lipinski definition) is 5. The number of anilines is 1. The number of amides is 1. The quantitative estimate of drug-likeness (QED) is 0.570. The molecule has 1 amide bonds. The number of oxazole rings is 1. The lowest BCUT2D eigenvalue weighted by atomic mass is 10.1. The van der Waals surface area contributed by atoms with Crippen molar-refractivity contribution >= 4 is 22.7 Å². The molecule has 6 nitrogen and oxygen atoms in total. The van der Waals surface area contributed by atoms with E-state index in [1.165, 1.54) is 0 Å². The van der Waals surface area contributed by atoms with Crippen LogP contribution in [0.2, 0.25) is 0 Å². The second kappa shape index (κ2) is 6.48. The molecule has 0 saturated carbocycles. The van der Waals surface area contributed by atoms with Gasteiger partial charge in [-0.3, -0.25) is 4.79 Å². The van der Waals surface area contributed by atoms with E-state index in [4.69, 9.17) is 8.94 Å². The second-order valence-electron chi connectivity index (χ2n) is 6.29. The summed E-state index contributed by atoms with van der Waals surface area (Å²) in [4.78, 5) is 16.9. The van der Waals surface area contributed by atoms with Crippen LogP contribution < -0.4 is 5.32 Å². The lowest BCUT2D eigenvalue weighted by Crippen LogP contribution is -2.10. The van der Waals surface area contributed by atoms with Gasteiger partial charge in [0.15, 0.2) is 11.5 Å². The van der Waals surface area contributed by atoms with E-state index in [9.17, 15) is 4.79 Å². The van der Waals surface area contributed by atoms with Crippen LogP contribution in [0.25, 0.3) is 22.4 Å². The number of nitrogens with one attached hydrogen (secondary N) is 1. The van der Waals surface area contributed by atoms with Gasteiger partial charge in [-0.05, 0) is 18.2 Å². The Hall–Kier alpha value is -3.41. The van der Waals surface area contributed by atoms with Crippen LogP contribution in [0, 0.1) is 0 Å². The fourth-order valence-corrected chi connectivity index (χ4v) is 2.59. The van der Waals surface area contributed by atoms with E-state index < -0.39 is 0 Å². The van der Waals surface area contributed by atoms with Crippen LogP contribution in [0.1, 0.15) is 36.2 Å². The van der Waals surface area contributed by atoms with Crippen LogP contribution in [0.5, 0.6) is 0 Å². The van der Waals surface area contributed by atoms with Gasteiger partial charge in [-0.15, -0.1) is 0 Å². The summed E-state index contributed by atoms with van der Waals surface area (Å²) in [7, 11) is 0. The van der Waals surface area contributed by atoms with Crippen molar-refractivity contribution in [3.05, 3.63) is 66.2 Å². The normalized spacial score (nSPS) is 11.2. The summed E-state index contributed by atoms with van der Waals surface area (Å²) in [5.41, 5.74) is 3.51. The maximum absolute atomic E-state index is 12.4. The maximum Gasteiger partial charge on any atom is 0.294 e. The average molecular weight is 347 g/mol. The number of rotatable bonds is 4. The smallest absolute Gasteiger partial charge is 0.294 e. The minimum Gasteiger partial charge on any atom is -0.440 e. The Labute approximate surface area is 149 Å². The van der Waals surface area contributed by atoms with Crippen molar-refractivity contribution in [1.82, 2.24) is 10.1 Å². The van der Waals surface area contributed by atoms with Crippen LogP contribution in [0.3, 0.4) is 0 Å². The predicted octanol–water partition coefficient (Wildman–Crippen LogP) is 4.86. The van der Waals surface area contributed by atoms with Crippen LogP contribution >= 0.6 is 0 Å². The van der Waals surface area contributed by atoms with Crippen LogP contribution in [-0.2, 0) is 0 Å². The highest BCUT2D eigenvalue weighted by Crippen LogP contribution is 2.24. The van der Waals surface area contributed by atoms with Crippen molar-refractivity contribution in [2.75, 3.05) is 5.32 Å². The molecule has 0 aliphatic rings. The summed E-state index contributed by atoms with van der Waals surface area (Å²) in [6.45, 7) is 4.03. The van der Waals surface area contributed by atoms with Gasteiger partial charge in [0.25, 0.3) is 5.91 Å². The zero-order valence-electron chi connectivity index (χ0n) is 14.4. The number of nitrogens with zero attached hydrogens (tertiary/aromatic N) is 2.